The van der Waals surface area contributed by atoms with Gasteiger partial charge in [0.25, 0.3) is 0 Å². The minimum Gasteiger partial charge on any atom is -0.457 e. The minimum atomic E-state index is -0.372. The Bertz CT molecular complexity index is 949. The summed E-state index contributed by atoms with van der Waals surface area (Å²) in [7, 11) is 0. The van der Waals surface area contributed by atoms with E-state index in [0.717, 1.165) is 11.3 Å². The first-order valence-corrected chi connectivity index (χ1v) is 8.69. The minimum absolute atomic E-state index is 0.321. The lowest BCUT2D eigenvalue weighted by atomic mass is 10.2. The molecule has 0 heterocycles. The van der Waals surface area contributed by atoms with Crippen LogP contribution in [0.15, 0.2) is 72.8 Å². The summed E-state index contributed by atoms with van der Waals surface area (Å²) in [5, 5.41) is 5.54. The molecule has 0 atom stereocenters. The van der Waals surface area contributed by atoms with Crippen LogP contribution in [0.1, 0.15) is 12.5 Å². The molecule has 6 nitrogen and oxygen atoms in total. The smallest absolute Gasteiger partial charge is 0.323 e. The normalized spacial score (nSPS) is 10.1. The average molecular weight is 376 g/mol. The van der Waals surface area contributed by atoms with Crippen LogP contribution in [0.2, 0.25) is 0 Å². The zero-order valence-electron chi connectivity index (χ0n) is 15.6. The largest absolute Gasteiger partial charge is 0.457 e. The number of urea groups is 1. The molecule has 2 N–H and O–H groups in total. The molecular formula is C22H20N2O4. The Labute approximate surface area is 163 Å². The van der Waals surface area contributed by atoms with Gasteiger partial charge in [-0.3, -0.25) is 4.79 Å². The molecule has 28 heavy (non-hydrogen) atoms. The number of ether oxygens (including phenoxy) is 2. The van der Waals surface area contributed by atoms with Gasteiger partial charge in [-0.2, -0.15) is 0 Å². The summed E-state index contributed by atoms with van der Waals surface area (Å²) in [6, 6.07) is 21.0. The highest BCUT2D eigenvalue weighted by atomic mass is 16.5. The van der Waals surface area contributed by atoms with Crippen LogP contribution in [0.3, 0.4) is 0 Å². The van der Waals surface area contributed by atoms with Crippen molar-refractivity contribution in [2.75, 3.05) is 10.6 Å². The lowest BCUT2D eigenvalue weighted by molar-refractivity contribution is -0.131. The Balaban J connectivity index is 1.55. The van der Waals surface area contributed by atoms with E-state index in [9.17, 15) is 9.59 Å². The molecule has 0 saturated carbocycles. The Morgan fingerprint density at radius 1 is 0.679 bits per heavy atom. The molecule has 0 bridgehead atoms. The zero-order chi connectivity index (χ0) is 19.9. The lowest BCUT2D eigenvalue weighted by Gasteiger charge is -2.10. The van der Waals surface area contributed by atoms with E-state index >= 15 is 0 Å². The fraction of sp³-hybridized carbons (Fsp3) is 0.0909. The van der Waals surface area contributed by atoms with E-state index in [1.807, 2.05) is 31.2 Å². The van der Waals surface area contributed by atoms with Gasteiger partial charge in [0.05, 0.1) is 0 Å². The van der Waals surface area contributed by atoms with Gasteiger partial charge >= 0.3 is 12.0 Å². The zero-order valence-corrected chi connectivity index (χ0v) is 15.6. The number of hydrogen-bond acceptors (Lipinski definition) is 4. The summed E-state index contributed by atoms with van der Waals surface area (Å²) in [5.74, 6) is 1.31. The van der Waals surface area contributed by atoms with Gasteiger partial charge in [-0.05, 0) is 67.6 Å². The Hall–Kier alpha value is -3.80. The number of hydrogen-bond donors (Lipinski definition) is 2. The molecule has 0 aliphatic heterocycles. The van der Waals surface area contributed by atoms with Gasteiger partial charge in [0.15, 0.2) is 0 Å². The average Bonchev–Trinajstić information content (AvgIpc) is 2.66. The number of aryl methyl sites for hydroxylation is 1. The van der Waals surface area contributed by atoms with Gasteiger partial charge < -0.3 is 20.1 Å². The molecule has 0 aromatic heterocycles. The molecule has 3 rings (SSSR count). The van der Waals surface area contributed by atoms with Crippen molar-refractivity contribution in [3.05, 3.63) is 78.4 Å². The second-order valence-electron chi connectivity index (χ2n) is 6.14. The number of nitrogens with one attached hydrogen (secondary N) is 2. The molecule has 0 aliphatic rings. The van der Waals surface area contributed by atoms with Crippen LogP contribution in [-0.4, -0.2) is 12.0 Å². The van der Waals surface area contributed by atoms with Crippen LogP contribution < -0.4 is 20.1 Å². The van der Waals surface area contributed by atoms with E-state index in [2.05, 4.69) is 10.6 Å². The fourth-order valence-corrected chi connectivity index (χ4v) is 2.41. The number of carbonyl (C=O) groups is 2. The molecule has 2 amide bonds. The first-order valence-electron chi connectivity index (χ1n) is 8.69. The first-order chi connectivity index (χ1) is 13.5. The number of anilines is 2. The van der Waals surface area contributed by atoms with Gasteiger partial charge in [-0.15, -0.1) is 0 Å². The predicted octanol–water partition coefficient (Wildman–Crippen LogP) is 5.36. The standard InChI is InChI=1S/C22H20N2O4/c1-15-3-5-17(6-4-15)23-22(26)24-18-7-9-20(10-8-18)28-21-13-11-19(12-14-21)27-16(2)25/h3-14H,1-2H3,(H2,23,24,26). The summed E-state index contributed by atoms with van der Waals surface area (Å²) in [4.78, 5) is 23.0. The van der Waals surface area contributed by atoms with E-state index in [-0.39, 0.29) is 12.0 Å². The highest BCUT2D eigenvalue weighted by molar-refractivity contribution is 5.99. The second kappa shape index (κ2) is 8.73. The van der Waals surface area contributed by atoms with E-state index in [1.54, 1.807) is 48.5 Å². The quantitative estimate of drug-likeness (QED) is 0.464. The molecule has 6 heteroatoms. The molecular weight excluding hydrogens is 356 g/mol. The monoisotopic (exact) mass is 376 g/mol. The van der Waals surface area contributed by atoms with Crippen molar-refractivity contribution in [1.29, 1.82) is 0 Å². The van der Waals surface area contributed by atoms with Crippen LogP contribution in [-0.2, 0) is 4.79 Å². The molecule has 0 spiro atoms. The first kappa shape index (κ1) is 19.0. The number of rotatable bonds is 5. The SMILES string of the molecule is CC(=O)Oc1ccc(Oc2ccc(NC(=O)Nc3ccc(C)cc3)cc2)cc1. The van der Waals surface area contributed by atoms with E-state index in [1.165, 1.54) is 6.92 Å². The van der Waals surface area contributed by atoms with Crippen molar-refractivity contribution in [2.24, 2.45) is 0 Å². The van der Waals surface area contributed by atoms with Crippen LogP contribution in [0, 0.1) is 6.92 Å². The van der Waals surface area contributed by atoms with Crippen LogP contribution in [0.25, 0.3) is 0 Å². The molecule has 0 fully saturated rings. The summed E-state index contributed by atoms with van der Waals surface area (Å²) in [5.41, 5.74) is 2.49. The van der Waals surface area contributed by atoms with Crippen molar-refractivity contribution in [2.45, 2.75) is 13.8 Å². The third kappa shape index (κ3) is 5.60. The van der Waals surface area contributed by atoms with Gasteiger partial charge in [0.1, 0.15) is 17.2 Å². The molecule has 0 unspecified atom stereocenters. The van der Waals surface area contributed by atoms with E-state index in [4.69, 9.17) is 9.47 Å². The van der Waals surface area contributed by atoms with Crippen LogP contribution in [0.5, 0.6) is 17.2 Å². The van der Waals surface area contributed by atoms with Crippen molar-refractivity contribution in [3.8, 4) is 17.2 Å². The van der Waals surface area contributed by atoms with E-state index in [0.29, 0.717) is 22.9 Å². The fourth-order valence-electron chi connectivity index (χ4n) is 2.41. The molecule has 0 radical (unpaired) electrons. The molecule has 142 valence electrons. The van der Waals surface area contributed by atoms with Gasteiger partial charge in [-0.1, -0.05) is 17.7 Å². The van der Waals surface area contributed by atoms with E-state index < -0.39 is 0 Å². The third-order valence-corrected chi connectivity index (χ3v) is 3.74. The summed E-state index contributed by atoms with van der Waals surface area (Å²) in [6.45, 7) is 3.34. The van der Waals surface area contributed by atoms with Crippen molar-refractivity contribution in [3.63, 3.8) is 0 Å². The van der Waals surface area contributed by atoms with Crippen molar-refractivity contribution < 1.29 is 19.1 Å². The summed E-state index contributed by atoms with van der Waals surface area (Å²) in [6.07, 6.45) is 0. The number of benzene rings is 3. The molecule has 3 aromatic rings. The maximum atomic E-state index is 12.1. The highest BCUT2D eigenvalue weighted by Crippen LogP contribution is 2.25. The third-order valence-electron chi connectivity index (χ3n) is 3.74. The lowest BCUT2D eigenvalue weighted by Crippen LogP contribution is -2.19. The van der Waals surface area contributed by atoms with Crippen LogP contribution in [0.4, 0.5) is 16.2 Å². The van der Waals surface area contributed by atoms with Gasteiger partial charge in [-0.25, -0.2) is 4.79 Å². The molecule has 0 aliphatic carbocycles. The second-order valence-corrected chi connectivity index (χ2v) is 6.14. The summed E-state index contributed by atoms with van der Waals surface area (Å²) < 4.78 is 10.7. The van der Waals surface area contributed by atoms with Crippen molar-refractivity contribution >= 4 is 23.4 Å². The maximum Gasteiger partial charge on any atom is 0.323 e. The van der Waals surface area contributed by atoms with Gasteiger partial charge in [0.2, 0.25) is 0 Å². The molecule has 3 aromatic carbocycles. The Kier molecular flexibility index (Phi) is 5.91. The number of amides is 2. The van der Waals surface area contributed by atoms with Crippen molar-refractivity contribution in [1.82, 2.24) is 0 Å². The van der Waals surface area contributed by atoms with Gasteiger partial charge in [0, 0.05) is 18.3 Å². The topological polar surface area (TPSA) is 76.7 Å². The predicted molar refractivity (Wildman–Crippen MR) is 108 cm³/mol. The Morgan fingerprint density at radius 2 is 1.11 bits per heavy atom. The number of carbonyl (C=O) groups excluding carboxylic acids is 2. The molecule has 0 saturated heterocycles. The maximum absolute atomic E-state index is 12.1. The van der Waals surface area contributed by atoms with Crippen LogP contribution >= 0.6 is 0 Å². The summed E-state index contributed by atoms with van der Waals surface area (Å²) >= 11 is 0. The number of esters is 1. The Morgan fingerprint density at radius 3 is 1.61 bits per heavy atom. The highest BCUT2D eigenvalue weighted by Gasteiger charge is 2.04.